The number of hydrogen-bond donors (Lipinski definition) is 2. The van der Waals surface area contributed by atoms with Gasteiger partial charge in [0.1, 0.15) is 18.4 Å². The number of benzene rings is 2. The van der Waals surface area contributed by atoms with Crippen LogP contribution < -0.4 is 15.0 Å². The van der Waals surface area contributed by atoms with Crippen LogP contribution in [0.15, 0.2) is 12.1 Å². The summed E-state index contributed by atoms with van der Waals surface area (Å²) in [6.45, 7) is -1.54. The zero-order valence-corrected chi connectivity index (χ0v) is 18.1. The molecule has 2 N–H and O–H groups in total. The van der Waals surface area contributed by atoms with Crippen LogP contribution in [-0.2, 0) is 14.4 Å². The standard InChI is InChI=1S/C21H13F8N3O5/c22-8-4-11-9(3-7(8)13-14(23)16(25)18(27)17(26)15(13)24)32(20(36)21(28,29)37-11)6-12(33)31-2-1-30-5-10(31)19(34)35/h3-4,10,30H,1-2,5-6H2,(H,34,35)/t10-/m0/s1. The Balaban J connectivity index is 1.83. The minimum absolute atomic E-state index is 0.0388. The number of amides is 2. The zero-order valence-electron chi connectivity index (χ0n) is 18.1. The van der Waals surface area contributed by atoms with E-state index < -0.39 is 93.9 Å². The van der Waals surface area contributed by atoms with Crippen LogP contribution in [0.5, 0.6) is 5.75 Å². The molecular formula is C21H13F8N3O5. The molecule has 16 heteroatoms. The van der Waals surface area contributed by atoms with Gasteiger partial charge in [0.05, 0.1) is 11.3 Å². The molecule has 0 spiro atoms. The summed E-state index contributed by atoms with van der Waals surface area (Å²) in [6, 6.07) is -1.02. The summed E-state index contributed by atoms with van der Waals surface area (Å²) < 4.78 is 117. The summed E-state index contributed by atoms with van der Waals surface area (Å²) >= 11 is 0. The van der Waals surface area contributed by atoms with Gasteiger partial charge in [-0.05, 0) is 6.07 Å². The van der Waals surface area contributed by atoms with Crippen molar-refractivity contribution in [3.63, 3.8) is 0 Å². The maximum absolute atomic E-state index is 14.7. The molecule has 4 rings (SSSR count). The first-order valence-corrected chi connectivity index (χ1v) is 10.2. The van der Waals surface area contributed by atoms with Crippen molar-refractivity contribution in [3.8, 4) is 16.9 Å². The molecule has 198 valence electrons. The van der Waals surface area contributed by atoms with Gasteiger partial charge in [0.15, 0.2) is 29.0 Å². The Morgan fingerprint density at radius 2 is 1.62 bits per heavy atom. The normalized spacial score (nSPS) is 18.9. The van der Waals surface area contributed by atoms with E-state index in [1.807, 2.05) is 0 Å². The van der Waals surface area contributed by atoms with Crippen molar-refractivity contribution >= 4 is 23.5 Å². The quantitative estimate of drug-likeness (QED) is 0.352. The van der Waals surface area contributed by atoms with Crippen LogP contribution >= 0.6 is 0 Å². The van der Waals surface area contributed by atoms with E-state index in [1.165, 1.54) is 0 Å². The summed E-state index contributed by atoms with van der Waals surface area (Å²) in [6.07, 6.45) is -4.65. The number of halogens is 8. The monoisotopic (exact) mass is 539 g/mol. The van der Waals surface area contributed by atoms with Crippen LogP contribution in [0, 0.1) is 34.9 Å². The summed E-state index contributed by atoms with van der Waals surface area (Å²) in [4.78, 5) is 37.5. The molecule has 0 radical (unpaired) electrons. The lowest BCUT2D eigenvalue weighted by Crippen LogP contribution is -2.60. The van der Waals surface area contributed by atoms with E-state index in [2.05, 4.69) is 10.1 Å². The number of piperazine rings is 1. The Morgan fingerprint density at radius 3 is 2.22 bits per heavy atom. The second kappa shape index (κ2) is 9.17. The highest BCUT2D eigenvalue weighted by Crippen LogP contribution is 2.44. The van der Waals surface area contributed by atoms with Crippen molar-refractivity contribution < 1.29 is 59.4 Å². The predicted molar refractivity (Wildman–Crippen MR) is 106 cm³/mol. The molecule has 37 heavy (non-hydrogen) atoms. The topological polar surface area (TPSA) is 99.2 Å². The first kappa shape index (κ1) is 26.1. The van der Waals surface area contributed by atoms with Gasteiger partial charge in [0, 0.05) is 31.3 Å². The van der Waals surface area contributed by atoms with Gasteiger partial charge in [-0.2, -0.15) is 8.78 Å². The fraction of sp³-hybridized carbons (Fsp3) is 0.286. The van der Waals surface area contributed by atoms with Crippen molar-refractivity contribution in [3.05, 3.63) is 47.0 Å². The average molecular weight is 539 g/mol. The maximum Gasteiger partial charge on any atom is 0.482 e. The van der Waals surface area contributed by atoms with E-state index in [0.29, 0.717) is 6.07 Å². The number of carbonyl (C=O) groups is 3. The van der Waals surface area contributed by atoms with Crippen LogP contribution in [0.1, 0.15) is 0 Å². The molecule has 2 aromatic carbocycles. The molecular weight excluding hydrogens is 526 g/mol. The minimum Gasteiger partial charge on any atom is -0.480 e. The molecule has 0 bridgehead atoms. The van der Waals surface area contributed by atoms with Crippen LogP contribution in [0.2, 0.25) is 0 Å². The van der Waals surface area contributed by atoms with Crippen LogP contribution in [0.25, 0.3) is 11.1 Å². The van der Waals surface area contributed by atoms with Gasteiger partial charge >= 0.3 is 18.0 Å². The Kier molecular flexibility index (Phi) is 6.47. The van der Waals surface area contributed by atoms with Crippen LogP contribution in [-0.4, -0.2) is 66.1 Å². The number of hydrogen-bond acceptors (Lipinski definition) is 5. The molecule has 0 saturated carbocycles. The number of nitrogens with zero attached hydrogens (tertiary/aromatic N) is 2. The van der Waals surface area contributed by atoms with Gasteiger partial charge < -0.3 is 20.1 Å². The number of carboxylic acids is 1. The summed E-state index contributed by atoms with van der Waals surface area (Å²) in [7, 11) is 0. The number of alkyl halides is 2. The Bertz CT molecular complexity index is 1310. The highest BCUT2D eigenvalue weighted by molar-refractivity contribution is 6.05. The number of anilines is 1. The van der Waals surface area contributed by atoms with Gasteiger partial charge in [-0.3, -0.25) is 14.5 Å². The summed E-state index contributed by atoms with van der Waals surface area (Å²) in [5.41, 5.74) is -3.95. The van der Waals surface area contributed by atoms with Crippen LogP contribution in [0.4, 0.5) is 40.8 Å². The molecule has 2 amide bonds. The smallest absolute Gasteiger partial charge is 0.480 e. The van der Waals surface area contributed by atoms with E-state index in [9.17, 15) is 54.6 Å². The second-order valence-electron chi connectivity index (χ2n) is 7.90. The van der Waals surface area contributed by atoms with Crippen molar-refractivity contribution in [2.24, 2.45) is 0 Å². The molecule has 1 saturated heterocycles. The Labute approximate surface area is 201 Å². The first-order chi connectivity index (χ1) is 17.3. The third kappa shape index (κ3) is 4.30. The van der Waals surface area contributed by atoms with Crippen LogP contribution in [0.3, 0.4) is 0 Å². The minimum atomic E-state index is -4.65. The van der Waals surface area contributed by atoms with E-state index >= 15 is 0 Å². The van der Waals surface area contributed by atoms with Crippen molar-refractivity contribution in [2.45, 2.75) is 12.2 Å². The van der Waals surface area contributed by atoms with Gasteiger partial charge in [0.2, 0.25) is 11.7 Å². The molecule has 1 fully saturated rings. The van der Waals surface area contributed by atoms with E-state index in [4.69, 9.17) is 0 Å². The van der Waals surface area contributed by atoms with Crippen molar-refractivity contribution in [1.29, 1.82) is 0 Å². The lowest BCUT2D eigenvalue weighted by Gasteiger charge is -2.37. The number of nitrogens with one attached hydrogen (secondary N) is 1. The molecule has 2 aromatic rings. The zero-order chi connectivity index (χ0) is 27.4. The fourth-order valence-electron chi connectivity index (χ4n) is 3.92. The number of carboxylic acid groups (broad SMARTS) is 1. The second-order valence-corrected chi connectivity index (χ2v) is 7.90. The lowest BCUT2D eigenvalue weighted by atomic mass is 10.0. The summed E-state index contributed by atoms with van der Waals surface area (Å²) in [5.74, 6) is -19.9. The Hall–Kier alpha value is -3.95. The van der Waals surface area contributed by atoms with E-state index in [-0.39, 0.29) is 30.6 Å². The number of ether oxygens (including phenoxy) is 1. The van der Waals surface area contributed by atoms with E-state index in [0.717, 1.165) is 4.90 Å². The molecule has 8 nitrogen and oxygen atoms in total. The molecule has 0 unspecified atom stereocenters. The molecule has 0 aromatic heterocycles. The number of aliphatic carboxylic acids is 1. The highest BCUT2D eigenvalue weighted by atomic mass is 19.3. The molecule has 2 aliphatic rings. The SMILES string of the molecule is O=C(O)[C@@H]1CNCCN1C(=O)CN1C(=O)C(F)(F)Oc2cc(F)c(-c3c(F)c(F)c(F)c(F)c3F)cc21. The number of rotatable bonds is 4. The third-order valence-electron chi connectivity index (χ3n) is 5.69. The third-order valence-corrected chi connectivity index (χ3v) is 5.69. The molecule has 0 aliphatic carbocycles. The summed E-state index contributed by atoms with van der Waals surface area (Å²) in [5, 5.41) is 12.0. The van der Waals surface area contributed by atoms with Crippen molar-refractivity contribution in [1.82, 2.24) is 10.2 Å². The molecule has 2 aliphatic heterocycles. The largest absolute Gasteiger partial charge is 0.482 e. The number of carbonyl (C=O) groups excluding carboxylic acids is 2. The first-order valence-electron chi connectivity index (χ1n) is 10.2. The lowest BCUT2D eigenvalue weighted by molar-refractivity contribution is -0.193. The molecule has 2 heterocycles. The maximum atomic E-state index is 14.7. The van der Waals surface area contributed by atoms with Gasteiger partial charge in [0.25, 0.3) is 0 Å². The van der Waals surface area contributed by atoms with E-state index in [1.54, 1.807) is 0 Å². The average Bonchev–Trinajstić information content (AvgIpc) is 2.84. The van der Waals surface area contributed by atoms with Crippen molar-refractivity contribution in [2.75, 3.05) is 31.1 Å². The fourth-order valence-corrected chi connectivity index (χ4v) is 3.92. The predicted octanol–water partition coefficient (Wildman–Crippen LogP) is 2.39. The van der Waals surface area contributed by atoms with Gasteiger partial charge in [-0.1, -0.05) is 0 Å². The van der Waals surface area contributed by atoms with Gasteiger partial charge in [-0.15, -0.1) is 0 Å². The van der Waals surface area contributed by atoms with Gasteiger partial charge in [-0.25, -0.2) is 31.1 Å². The number of fused-ring (bicyclic) bond motifs is 1. The Morgan fingerprint density at radius 1 is 1.03 bits per heavy atom. The highest BCUT2D eigenvalue weighted by Gasteiger charge is 2.52. The molecule has 1 atom stereocenters.